The van der Waals surface area contributed by atoms with Gasteiger partial charge in [-0.05, 0) is 18.9 Å². The lowest BCUT2D eigenvalue weighted by molar-refractivity contribution is -0.385. The van der Waals surface area contributed by atoms with E-state index in [2.05, 4.69) is 10.6 Å². The normalized spacial score (nSPS) is 17.0. The summed E-state index contributed by atoms with van der Waals surface area (Å²) in [6.07, 6.45) is 1.33. The van der Waals surface area contributed by atoms with Gasteiger partial charge in [-0.15, -0.1) is 0 Å². The SMILES string of the molecule is CNC(=O)[C@H]1CCCN1C(=O)CNc1ccc([N+](=O)[O-])cc1F. The second-order valence-electron chi connectivity index (χ2n) is 5.13. The van der Waals surface area contributed by atoms with Crippen molar-refractivity contribution in [2.75, 3.05) is 25.5 Å². The Labute approximate surface area is 131 Å². The van der Waals surface area contributed by atoms with Gasteiger partial charge in [0, 0.05) is 19.7 Å². The van der Waals surface area contributed by atoms with E-state index in [4.69, 9.17) is 0 Å². The van der Waals surface area contributed by atoms with Gasteiger partial charge in [0.05, 0.1) is 23.2 Å². The number of amides is 2. The van der Waals surface area contributed by atoms with Gasteiger partial charge in [-0.25, -0.2) is 4.39 Å². The third-order valence-electron chi connectivity index (χ3n) is 3.72. The van der Waals surface area contributed by atoms with E-state index in [9.17, 15) is 24.1 Å². The van der Waals surface area contributed by atoms with Crippen molar-refractivity contribution in [1.82, 2.24) is 10.2 Å². The Balaban J connectivity index is 1.99. The Morgan fingerprint density at radius 2 is 2.22 bits per heavy atom. The second-order valence-corrected chi connectivity index (χ2v) is 5.13. The number of hydrogen-bond donors (Lipinski definition) is 2. The number of nitrogens with one attached hydrogen (secondary N) is 2. The summed E-state index contributed by atoms with van der Waals surface area (Å²) in [4.78, 5) is 35.2. The number of nitro benzene ring substituents is 1. The molecule has 1 atom stereocenters. The van der Waals surface area contributed by atoms with Crippen molar-refractivity contribution in [3.8, 4) is 0 Å². The highest BCUT2D eigenvalue weighted by molar-refractivity contribution is 5.89. The van der Waals surface area contributed by atoms with Crippen LogP contribution in [-0.2, 0) is 9.59 Å². The Bertz CT molecular complexity index is 637. The highest BCUT2D eigenvalue weighted by Crippen LogP contribution is 2.21. The molecule has 1 aromatic carbocycles. The molecule has 2 N–H and O–H groups in total. The van der Waals surface area contributed by atoms with Crippen LogP contribution >= 0.6 is 0 Å². The van der Waals surface area contributed by atoms with E-state index in [1.54, 1.807) is 0 Å². The summed E-state index contributed by atoms with van der Waals surface area (Å²) in [5.41, 5.74) is -0.363. The van der Waals surface area contributed by atoms with E-state index in [0.717, 1.165) is 18.6 Å². The van der Waals surface area contributed by atoms with E-state index >= 15 is 0 Å². The van der Waals surface area contributed by atoms with Crippen molar-refractivity contribution in [1.29, 1.82) is 0 Å². The molecule has 1 saturated heterocycles. The first-order valence-electron chi connectivity index (χ1n) is 7.13. The van der Waals surface area contributed by atoms with Crippen LogP contribution in [0, 0.1) is 15.9 Å². The molecular formula is C14H17FN4O4. The van der Waals surface area contributed by atoms with E-state index in [0.29, 0.717) is 13.0 Å². The zero-order chi connectivity index (χ0) is 17.0. The van der Waals surface area contributed by atoms with E-state index in [1.807, 2.05) is 0 Å². The Morgan fingerprint density at radius 3 is 2.83 bits per heavy atom. The lowest BCUT2D eigenvalue weighted by atomic mass is 10.2. The first-order valence-corrected chi connectivity index (χ1v) is 7.13. The van der Waals surface area contributed by atoms with E-state index in [1.165, 1.54) is 18.0 Å². The molecule has 1 fully saturated rings. The van der Waals surface area contributed by atoms with Gasteiger partial charge in [0.25, 0.3) is 5.69 Å². The van der Waals surface area contributed by atoms with Crippen LogP contribution in [-0.4, -0.2) is 47.8 Å². The van der Waals surface area contributed by atoms with Crippen LogP contribution in [0.25, 0.3) is 0 Å². The maximum Gasteiger partial charge on any atom is 0.272 e. The number of likely N-dealkylation sites (tertiary alicyclic amines) is 1. The quantitative estimate of drug-likeness (QED) is 0.618. The van der Waals surface area contributed by atoms with Crippen LogP contribution < -0.4 is 10.6 Å². The summed E-state index contributed by atoms with van der Waals surface area (Å²) in [6.45, 7) is 0.281. The largest absolute Gasteiger partial charge is 0.374 e. The number of rotatable bonds is 5. The maximum atomic E-state index is 13.7. The van der Waals surface area contributed by atoms with Crippen molar-refractivity contribution >= 4 is 23.2 Å². The highest BCUT2D eigenvalue weighted by Gasteiger charge is 2.33. The average Bonchev–Trinajstić information content (AvgIpc) is 3.02. The van der Waals surface area contributed by atoms with Crippen molar-refractivity contribution in [3.05, 3.63) is 34.1 Å². The molecule has 8 nitrogen and oxygen atoms in total. The first kappa shape index (κ1) is 16.7. The lowest BCUT2D eigenvalue weighted by Crippen LogP contribution is -2.46. The number of hydrogen-bond acceptors (Lipinski definition) is 5. The molecule has 0 aliphatic carbocycles. The summed E-state index contributed by atoms with van der Waals surface area (Å²) in [5, 5.41) is 15.7. The first-order chi connectivity index (χ1) is 10.9. The highest BCUT2D eigenvalue weighted by atomic mass is 19.1. The Kier molecular flexibility index (Phi) is 5.09. The fraction of sp³-hybridized carbons (Fsp3) is 0.429. The zero-order valence-electron chi connectivity index (χ0n) is 12.5. The van der Waals surface area contributed by atoms with Gasteiger partial charge in [0.1, 0.15) is 6.04 Å². The maximum absolute atomic E-state index is 13.7. The van der Waals surface area contributed by atoms with E-state index < -0.39 is 16.8 Å². The predicted octanol–water partition coefficient (Wildman–Crippen LogP) is 0.883. The summed E-state index contributed by atoms with van der Waals surface area (Å²) >= 11 is 0. The lowest BCUT2D eigenvalue weighted by Gasteiger charge is -2.23. The molecule has 1 aliphatic heterocycles. The number of nitro groups is 1. The van der Waals surface area contributed by atoms with Crippen molar-refractivity contribution in [2.24, 2.45) is 0 Å². The predicted molar refractivity (Wildman–Crippen MR) is 80.3 cm³/mol. The minimum atomic E-state index is -0.809. The summed E-state index contributed by atoms with van der Waals surface area (Å²) < 4.78 is 13.7. The molecule has 0 bridgehead atoms. The fourth-order valence-corrected chi connectivity index (χ4v) is 2.54. The molecule has 1 aliphatic rings. The standard InChI is InChI=1S/C14H17FN4O4/c1-16-14(21)12-3-2-6-18(12)13(20)8-17-11-5-4-9(19(22)23)7-10(11)15/h4-5,7,12,17H,2-3,6,8H2,1H3,(H,16,21)/t12-/m1/s1. The molecule has 1 heterocycles. The average molecular weight is 324 g/mol. The fourth-order valence-electron chi connectivity index (χ4n) is 2.54. The van der Waals surface area contributed by atoms with Gasteiger partial charge in [-0.2, -0.15) is 0 Å². The number of nitrogens with zero attached hydrogens (tertiary/aromatic N) is 2. The van der Waals surface area contributed by atoms with Crippen molar-refractivity contribution in [3.63, 3.8) is 0 Å². The number of anilines is 1. The molecule has 1 aromatic rings. The van der Waals surface area contributed by atoms with Crippen LogP contribution in [0.15, 0.2) is 18.2 Å². The van der Waals surface area contributed by atoms with Gasteiger partial charge >= 0.3 is 0 Å². The number of halogens is 1. The minimum Gasteiger partial charge on any atom is -0.374 e. The molecule has 2 amide bonds. The molecule has 9 heteroatoms. The number of likely N-dealkylation sites (N-methyl/N-ethyl adjacent to an activating group) is 1. The summed E-state index contributed by atoms with van der Waals surface area (Å²) in [5.74, 6) is -1.36. The molecule has 0 spiro atoms. The van der Waals surface area contributed by atoms with Gasteiger partial charge in [-0.1, -0.05) is 0 Å². The smallest absolute Gasteiger partial charge is 0.272 e. The number of benzene rings is 1. The summed E-state index contributed by atoms with van der Waals surface area (Å²) in [6, 6.07) is 2.65. The van der Waals surface area contributed by atoms with Gasteiger partial charge < -0.3 is 15.5 Å². The molecule has 124 valence electrons. The third-order valence-corrected chi connectivity index (χ3v) is 3.72. The Morgan fingerprint density at radius 1 is 1.48 bits per heavy atom. The third kappa shape index (κ3) is 3.74. The van der Waals surface area contributed by atoms with Crippen LogP contribution in [0.1, 0.15) is 12.8 Å². The van der Waals surface area contributed by atoms with Crippen molar-refractivity contribution in [2.45, 2.75) is 18.9 Å². The number of carbonyl (C=O) groups excluding carboxylic acids is 2. The van der Waals surface area contributed by atoms with Gasteiger partial charge in [0.15, 0.2) is 5.82 Å². The monoisotopic (exact) mass is 324 g/mol. The van der Waals surface area contributed by atoms with Gasteiger partial charge in [0.2, 0.25) is 11.8 Å². The van der Waals surface area contributed by atoms with Crippen LogP contribution in [0.5, 0.6) is 0 Å². The van der Waals surface area contributed by atoms with Crippen molar-refractivity contribution < 1.29 is 18.9 Å². The molecule has 23 heavy (non-hydrogen) atoms. The summed E-state index contributed by atoms with van der Waals surface area (Å²) in [7, 11) is 1.51. The minimum absolute atomic E-state index is 0.000333. The second kappa shape index (κ2) is 7.03. The molecule has 2 rings (SSSR count). The molecule has 0 aromatic heterocycles. The molecule has 0 radical (unpaired) electrons. The topological polar surface area (TPSA) is 105 Å². The molecular weight excluding hydrogens is 307 g/mol. The van der Waals surface area contributed by atoms with Crippen LogP contribution in [0.4, 0.5) is 15.8 Å². The molecule has 0 unspecified atom stereocenters. The Hall–Kier alpha value is -2.71. The zero-order valence-corrected chi connectivity index (χ0v) is 12.5. The van der Waals surface area contributed by atoms with E-state index in [-0.39, 0.29) is 29.7 Å². The van der Waals surface area contributed by atoms with Crippen LogP contribution in [0.3, 0.4) is 0 Å². The number of carbonyl (C=O) groups is 2. The van der Waals surface area contributed by atoms with Gasteiger partial charge in [-0.3, -0.25) is 19.7 Å². The number of non-ortho nitro benzene ring substituents is 1. The van der Waals surface area contributed by atoms with Crippen LogP contribution in [0.2, 0.25) is 0 Å². The molecule has 0 saturated carbocycles.